The number of amides is 1. The number of quaternary nitrogens is 1. The van der Waals surface area contributed by atoms with Crippen LogP contribution in [0.25, 0.3) is 0 Å². The standard InChI is InChI=1S/C21H26FN3O5/c1-5-29-19-10-7-15(11-20(19)30-6-2)13(3)23-14(4)21(26)24-16-8-9-17(22)18(12-16)25(27)28/h7-14,23H,5-6H2,1-4H3,(H,24,26)/p+1/t13-,14-/m1/s1. The molecule has 1 amide bonds. The van der Waals surface area contributed by atoms with Crippen molar-refractivity contribution in [3.8, 4) is 11.5 Å². The molecule has 0 aromatic heterocycles. The number of nitro groups is 1. The second-order valence-electron chi connectivity index (χ2n) is 6.75. The highest BCUT2D eigenvalue weighted by Gasteiger charge is 2.23. The molecule has 0 aliphatic heterocycles. The summed E-state index contributed by atoms with van der Waals surface area (Å²) in [5, 5.41) is 15.3. The number of ether oxygens (including phenoxy) is 2. The minimum atomic E-state index is -0.952. The molecule has 162 valence electrons. The Labute approximate surface area is 174 Å². The first-order valence-electron chi connectivity index (χ1n) is 9.76. The molecule has 2 aromatic rings. The van der Waals surface area contributed by atoms with Crippen molar-refractivity contribution in [2.24, 2.45) is 0 Å². The van der Waals surface area contributed by atoms with Crippen LogP contribution in [0, 0.1) is 15.9 Å². The number of hydrogen-bond acceptors (Lipinski definition) is 5. The van der Waals surface area contributed by atoms with E-state index in [-0.39, 0.29) is 17.6 Å². The van der Waals surface area contributed by atoms with Crippen LogP contribution in [0.15, 0.2) is 36.4 Å². The fraction of sp³-hybridized carbons (Fsp3) is 0.381. The van der Waals surface area contributed by atoms with E-state index in [9.17, 15) is 19.3 Å². The third kappa shape index (κ3) is 5.90. The first-order chi connectivity index (χ1) is 14.3. The highest BCUT2D eigenvalue weighted by molar-refractivity contribution is 5.93. The van der Waals surface area contributed by atoms with Crippen molar-refractivity contribution in [2.75, 3.05) is 18.5 Å². The first-order valence-corrected chi connectivity index (χ1v) is 9.76. The van der Waals surface area contributed by atoms with E-state index in [2.05, 4.69) is 5.32 Å². The molecule has 0 radical (unpaired) electrons. The number of nitrogens with two attached hydrogens (primary N) is 1. The Kier molecular flexibility index (Phi) is 8.11. The molecule has 2 atom stereocenters. The maximum Gasteiger partial charge on any atom is 0.306 e. The molecule has 8 nitrogen and oxygen atoms in total. The Morgan fingerprint density at radius 3 is 2.43 bits per heavy atom. The van der Waals surface area contributed by atoms with Gasteiger partial charge >= 0.3 is 5.69 Å². The minimum absolute atomic E-state index is 0.0665. The van der Waals surface area contributed by atoms with Gasteiger partial charge in [-0.15, -0.1) is 0 Å². The van der Waals surface area contributed by atoms with Crippen molar-refractivity contribution in [2.45, 2.75) is 39.8 Å². The van der Waals surface area contributed by atoms with Crippen LogP contribution in [0.3, 0.4) is 0 Å². The van der Waals surface area contributed by atoms with Crippen LogP contribution >= 0.6 is 0 Å². The zero-order chi connectivity index (χ0) is 22.3. The Bertz CT molecular complexity index is 906. The van der Waals surface area contributed by atoms with Crippen LogP contribution in [-0.2, 0) is 4.79 Å². The topological polar surface area (TPSA) is 107 Å². The van der Waals surface area contributed by atoms with Gasteiger partial charge in [-0.25, -0.2) is 0 Å². The quantitative estimate of drug-likeness (QED) is 0.453. The van der Waals surface area contributed by atoms with E-state index in [0.717, 1.165) is 17.7 Å². The first kappa shape index (κ1) is 23.1. The summed E-state index contributed by atoms with van der Waals surface area (Å²) in [6.07, 6.45) is 0. The fourth-order valence-electron chi connectivity index (χ4n) is 2.97. The Balaban J connectivity index is 2.07. The number of hydrogen-bond donors (Lipinski definition) is 2. The van der Waals surface area contributed by atoms with Crippen LogP contribution in [0.4, 0.5) is 15.8 Å². The normalized spacial score (nSPS) is 12.7. The lowest BCUT2D eigenvalue weighted by Crippen LogP contribution is -2.91. The van der Waals surface area contributed by atoms with Crippen molar-refractivity contribution in [1.29, 1.82) is 0 Å². The van der Waals surface area contributed by atoms with E-state index in [1.165, 1.54) is 6.07 Å². The largest absolute Gasteiger partial charge is 0.490 e. The molecule has 30 heavy (non-hydrogen) atoms. The van der Waals surface area contributed by atoms with Crippen molar-refractivity contribution in [3.63, 3.8) is 0 Å². The number of nitrogens with one attached hydrogen (secondary N) is 1. The van der Waals surface area contributed by atoms with E-state index in [1.807, 2.05) is 44.3 Å². The number of carbonyl (C=O) groups is 1. The highest BCUT2D eigenvalue weighted by Crippen LogP contribution is 2.30. The van der Waals surface area contributed by atoms with Gasteiger partial charge in [0.2, 0.25) is 5.82 Å². The molecule has 9 heteroatoms. The summed E-state index contributed by atoms with van der Waals surface area (Å²) in [7, 11) is 0. The molecule has 0 heterocycles. The lowest BCUT2D eigenvalue weighted by molar-refractivity contribution is -0.709. The maximum atomic E-state index is 13.5. The third-order valence-electron chi connectivity index (χ3n) is 4.49. The predicted octanol–water partition coefficient (Wildman–Crippen LogP) is 3.18. The Morgan fingerprint density at radius 2 is 1.80 bits per heavy atom. The number of nitrogens with zero attached hydrogens (tertiary/aromatic N) is 1. The smallest absolute Gasteiger partial charge is 0.306 e. The van der Waals surface area contributed by atoms with Crippen LogP contribution in [0.5, 0.6) is 11.5 Å². The molecule has 0 aliphatic rings. The maximum absolute atomic E-state index is 13.5. The molecule has 3 N–H and O–H groups in total. The van der Waals surface area contributed by atoms with Crippen LogP contribution in [0.1, 0.15) is 39.3 Å². The van der Waals surface area contributed by atoms with Gasteiger partial charge in [0.15, 0.2) is 17.5 Å². The van der Waals surface area contributed by atoms with Crippen LogP contribution in [-0.4, -0.2) is 30.1 Å². The van der Waals surface area contributed by atoms with Gasteiger partial charge in [0.05, 0.1) is 18.1 Å². The molecule has 0 spiro atoms. The molecule has 0 unspecified atom stereocenters. The molecule has 0 bridgehead atoms. The van der Waals surface area contributed by atoms with Crippen molar-refractivity contribution in [1.82, 2.24) is 0 Å². The zero-order valence-corrected chi connectivity index (χ0v) is 17.5. The van der Waals surface area contributed by atoms with Crippen LogP contribution < -0.4 is 20.1 Å². The third-order valence-corrected chi connectivity index (χ3v) is 4.49. The molecule has 2 rings (SSSR count). The molecular weight excluding hydrogens is 393 g/mol. The lowest BCUT2D eigenvalue weighted by atomic mass is 10.1. The molecule has 0 aliphatic carbocycles. The molecule has 0 saturated carbocycles. The number of halogens is 1. The van der Waals surface area contributed by atoms with Gasteiger partial charge in [0, 0.05) is 17.3 Å². The fourth-order valence-corrected chi connectivity index (χ4v) is 2.97. The number of anilines is 1. The number of rotatable bonds is 10. The Hall–Kier alpha value is -3.20. The number of carbonyl (C=O) groups excluding carboxylic acids is 1. The van der Waals surface area contributed by atoms with Crippen molar-refractivity contribution < 1.29 is 28.9 Å². The lowest BCUT2D eigenvalue weighted by Gasteiger charge is -2.18. The van der Waals surface area contributed by atoms with Gasteiger partial charge in [-0.1, -0.05) is 0 Å². The van der Waals surface area contributed by atoms with E-state index < -0.39 is 22.5 Å². The monoisotopic (exact) mass is 420 g/mol. The zero-order valence-electron chi connectivity index (χ0n) is 17.5. The second-order valence-corrected chi connectivity index (χ2v) is 6.75. The summed E-state index contributed by atoms with van der Waals surface area (Å²) >= 11 is 0. The van der Waals surface area contributed by atoms with Crippen molar-refractivity contribution in [3.05, 3.63) is 57.9 Å². The molecular formula is C21H27FN3O5+. The SMILES string of the molecule is CCOc1ccc([C@@H](C)[NH2+][C@H](C)C(=O)Nc2ccc(F)c([N+](=O)[O-])c2)cc1OCC. The molecule has 2 aromatic carbocycles. The van der Waals surface area contributed by atoms with Gasteiger partial charge in [-0.2, -0.15) is 4.39 Å². The van der Waals surface area contributed by atoms with Gasteiger partial charge in [0.1, 0.15) is 6.04 Å². The number of nitro benzene ring substituents is 1. The molecule has 0 saturated heterocycles. The summed E-state index contributed by atoms with van der Waals surface area (Å²) in [6.45, 7) is 8.50. The van der Waals surface area contributed by atoms with E-state index in [0.29, 0.717) is 24.7 Å². The summed E-state index contributed by atoms with van der Waals surface area (Å²) < 4.78 is 24.7. The van der Waals surface area contributed by atoms with Gasteiger partial charge < -0.3 is 20.1 Å². The van der Waals surface area contributed by atoms with Crippen LogP contribution in [0.2, 0.25) is 0 Å². The van der Waals surface area contributed by atoms with E-state index in [1.54, 1.807) is 6.92 Å². The summed E-state index contributed by atoms with van der Waals surface area (Å²) in [5.41, 5.74) is 0.440. The summed E-state index contributed by atoms with van der Waals surface area (Å²) in [6, 6.07) is 8.35. The highest BCUT2D eigenvalue weighted by atomic mass is 19.1. The van der Waals surface area contributed by atoms with Gasteiger partial charge in [0.25, 0.3) is 5.91 Å². The predicted molar refractivity (Wildman–Crippen MR) is 110 cm³/mol. The van der Waals surface area contributed by atoms with Gasteiger partial charge in [-0.05, 0) is 58.0 Å². The van der Waals surface area contributed by atoms with Crippen molar-refractivity contribution >= 4 is 17.3 Å². The Morgan fingerprint density at radius 1 is 1.13 bits per heavy atom. The average Bonchev–Trinajstić information content (AvgIpc) is 2.70. The van der Waals surface area contributed by atoms with E-state index in [4.69, 9.17) is 9.47 Å². The second kappa shape index (κ2) is 10.5. The molecule has 0 fully saturated rings. The van der Waals surface area contributed by atoms with E-state index >= 15 is 0 Å². The van der Waals surface area contributed by atoms with Gasteiger partial charge in [-0.3, -0.25) is 14.9 Å². The minimum Gasteiger partial charge on any atom is -0.490 e. The average molecular weight is 420 g/mol. The number of benzene rings is 2. The summed E-state index contributed by atoms with van der Waals surface area (Å²) in [5.74, 6) is 0.0115. The summed E-state index contributed by atoms with van der Waals surface area (Å²) in [4.78, 5) is 22.5.